The highest BCUT2D eigenvalue weighted by molar-refractivity contribution is 6.31. The Kier molecular flexibility index (Phi) is 5.15. The molecule has 1 amide bonds. The molecule has 0 spiro atoms. The SMILES string of the molecule is O=C(CCl)NC(c1cc(F)ccc1F)c1ccccc1Cl. The Balaban J connectivity index is 2.53. The van der Waals surface area contributed by atoms with Crippen LogP contribution in [0.5, 0.6) is 0 Å². The first-order chi connectivity index (χ1) is 10.0. The van der Waals surface area contributed by atoms with Gasteiger partial charge in [-0.2, -0.15) is 0 Å². The molecule has 1 N–H and O–H groups in total. The zero-order chi connectivity index (χ0) is 15.4. The number of halogens is 4. The van der Waals surface area contributed by atoms with Crippen molar-refractivity contribution >= 4 is 29.1 Å². The summed E-state index contributed by atoms with van der Waals surface area (Å²) in [6, 6.07) is 8.75. The quantitative estimate of drug-likeness (QED) is 0.842. The maximum absolute atomic E-state index is 14.0. The molecular weight excluding hydrogens is 319 g/mol. The molecule has 2 rings (SSSR count). The van der Waals surface area contributed by atoms with E-state index in [1.165, 1.54) is 0 Å². The molecular formula is C15H11Cl2F2NO. The molecule has 1 unspecified atom stereocenters. The van der Waals surface area contributed by atoms with E-state index in [2.05, 4.69) is 5.32 Å². The lowest BCUT2D eigenvalue weighted by atomic mass is 9.98. The third-order valence-electron chi connectivity index (χ3n) is 2.91. The summed E-state index contributed by atoms with van der Waals surface area (Å²) in [7, 11) is 0. The highest BCUT2D eigenvalue weighted by Crippen LogP contribution is 2.30. The van der Waals surface area contributed by atoms with E-state index < -0.39 is 23.6 Å². The van der Waals surface area contributed by atoms with Crippen LogP contribution in [0.2, 0.25) is 5.02 Å². The molecule has 0 bridgehead atoms. The number of hydrogen-bond donors (Lipinski definition) is 1. The predicted octanol–water partition coefficient (Wildman–Crippen LogP) is 4.06. The molecule has 2 aromatic carbocycles. The lowest BCUT2D eigenvalue weighted by Crippen LogP contribution is -2.31. The Morgan fingerprint density at radius 3 is 2.52 bits per heavy atom. The van der Waals surface area contributed by atoms with Crippen LogP contribution in [0.15, 0.2) is 42.5 Å². The molecule has 0 aliphatic heterocycles. The lowest BCUT2D eigenvalue weighted by molar-refractivity contribution is -0.119. The van der Waals surface area contributed by atoms with E-state index in [-0.39, 0.29) is 11.4 Å². The molecule has 110 valence electrons. The van der Waals surface area contributed by atoms with Crippen molar-refractivity contribution < 1.29 is 13.6 Å². The molecule has 6 heteroatoms. The minimum absolute atomic E-state index is 0.0124. The molecule has 21 heavy (non-hydrogen) atoms. The Morgan fingerprint density at radius 2 is 1.86 bits per heavy atom. The van der Waals surface area contributed by atoms with Gasteiger partial charge in [-0.15, -0.1) is 11.6 Å². The fourth-order valence-corrected chi connectivity index (χ4v) is 2.29. The van der Waals surface area contributed by atoms with Crippen molar-refractivity contribution in [1.82, 2.24) is 5.32 Å². The molecule has 0 fully saturated rings. The Bertz CT molecular complexity index is 664. The van der Waals surface area contributed by atoms with Crippen LogP contribution in [0.25, 0.3) is 0 Å². The number of nitrogens with one attached hydrogen (secondary N) is 1. The summed E-state index contributed by atoms with van der Waals surface area (Å²) in [5.41, 5.74) is 0.448. The van der Waals surface area contributed by atoms with Crippen LogP contribution in [-0.2, 0) is 4.79 Å². The number of rotatable bonds is 4. The number of alkyl halides is 1. The average Bonchev–Trinajstić information content (AvgIpc) is 2.48. The first-order valence-corrected chi connectivity index (χ1v) is 6.99. The summed E-state index contributed by atoms with van der Waals surface area (Å²) in [6.07, 6.45) is 0. The molecule has 0 aliphatic carbocycles. The molecule has 0 radical (unpaired) electrons. The molecule has 0 aromatic heterocycles. The van der Waals surface area contributed by atoms with Gasteiger partial charge in [0, 0.05) is 10.6 Å². The van der Waals surface area contributed by atoms with Crippen molar-refractivity contribution in [2.24, 2.45) is 0 Å². The Morgan fingerprint density at radius 1 is 1.14 bits per heavy atom. The van der Waals surface area contributed by atoms with Gasteiger partial charge in [-0.25, -0.2) is 8.78 Å². The standard InChI is InChI=1S/C15H11Cl2F2NO/c16-8-14(21)20-15(10-3-1-2-4-12(10)17)11-7-9(18)5-6-13(11)19/h1-7,15H,8H2,(H,20,21). The van der Waals surface area contributed by atoms with Gasteiger partial charge in [-0.1, -0.05) is 29.8 Å². The van der Waals surface area contributed by atoms with Crippen LogP contribution in [0.3, 0.4) is 0 Å². The van der Waals surface area contributed by atoms with E-state index in [1.807, 2.05) is 0 Å². The van der Waals surface area contributed by atoms with Gasteiger partial charge in [-0.05, 0) is 29.8 Å². The van der Waals surface area contributed by atoms with Crippen LogP contribution >= 0.6 is 23.2 Å². The second kappa shape index (κ2) is 6.87. The highest BCUT2D eigenvalue weighted by atomic mass is 35.5. The number of carbonyl (C=O) groups excluding carboxylic acids is 1. The highest BCUT2D eigenvalue weighted by Gasteiger charge is 2.22. The van der Waals surface area contributed by atoms with E-state index in [9.17, 15) is 13.6 Å². The van der Waals surface area contributed by atoms with Crippen LogP contribution in [-0.4, -0.2) is 11.8 Å². The smallest absolute Gasteiger partial charge is 0.235 e. The molecule has 2 nitrogen and oxygen atoms in total. The molecule has 2 aromatic rings. The summed E-state index contributed by atoms with van der Waals surface area (Å²) in [6.45, 7) is 0. The first kappa shape index (κ1) is 15.7. The third-order valence-corrected chi connectivity index (χ3v) is 3.50. The van der Waals surface area contributed by atoms with E-state index in [4.69, 9.17) is 23.2 Å². The lowest BCUT2D eigenvalue weighted by Gasteiger charge is -2.21. The molecule has 0 saturated carbocycles. The number of amides is 1. The van der Waals surface area contributed by atoms with Gasteiger partial charge in [0.05, 0.1) is 6.04 Å². The minimum Gasteiger partial charge on any atom is -0.344 e. The molecule has 0 saturated heterocycles. The van der Waals surface area contributed by atoms with Crippen LogP contribution in [0, 0.1) is 11.6 Å². The monoisotopic (exact) mass is 329 g/mol. The second-order valence-corrected chi connectivity index (χ2v) is 5.00. The van der Waals surface area contributed by atoms with Gasteiger partial charge in [-0.3, -0.25) is 4.79 Å². The summed E-state index contributed by atoms with van der Waals surface area (Å²) in [4.78, 5) is 11.6. The number of carbonyl (C=O) groups is 1. The van der Waals surface area contributed by atoms with Crippen molar-refractivity contribution in [3.05, 3.63) is 70.2 Å². The third kappa shape index (κ3) is 3.71. The van der Waals surface area contributed by atoms with Crippen LogP contribution in [0.1, 0.15) is 17.2 Å². The summed E-state index contributed by atoms with van der Waals surface area (Å²) >= 11 is 11.6. The zero-order valence-electron chi connectivity index (χ0n) is 10.7. The normalized spacial score (nSPS) is 12.0. The van der Waals surface area contributed by atoms with Gasteiger partial charge in [0.1, 0.15) is 17.5 Å². The van der Waals surface area contributed by atoms with Crippen molar-refractivity contribution in [1.29, 1.82) is 0 Å². The Labute approximate surface area is 130 Å². The van der Waals surface area contributed by atoms with Gasteiger partial charge >= 0.3 is 0 Å². The first-order valence-electron chi connectivity index (χ1n) is 6.07. The van der Waals surface area contributed by atoms with E-state index >= 15 is 0 Å². The Hall–Kier alpha value is -1.65. The van der Waals surface area contributed by atoms with Gasteiger partial charge in [0.2, 0.25) is 5.91 Å². The fraction of sp³-hybridized carbons (Fsp3) is 0.133. The van der Waals surface area contributed by atoms with Gasteiger partial charge < -0.3 is 5.32 Å². The summed E-state index contributed by atoms with van der Waals surface area (Å²) < 4.78 is 27.4. The van der Waals surface area contributed by atoms with Crippen molar-refractivity contribution in [3.63, 3.8) is 0 Å². The maximum Gasteiger partial charge on any atom is 0.235 e. The molecule has 0 heterocycles. The van der Waals surface area contributed by atoms with Crippen molar-refractivity contribution in [3.8, 4) is 0 Å². The number of benzene rings is 2. The minimum atomic E-state index is -0.916. The zero-order valence-corrected chi connectivity index (χ0v) is 12.3. The van der Waals surface area contributed by atoms with Gasteiger partial charge in [0.25, 0.3) is 0 Å². The summed E-state index contributed by atoms with van der Waals surface area (Å²) in [5, 5.41) is 2.88. The van der Waals surface area contributed by atoms with Crippen LogP contribution in [0.4, 0.5) is 8.78 Å². The number of hydrogen-bond acceptors (Lipinski definition) is 1. The van der Waals surface area contributed by atoms with Crippen molar-refractivity contribution in [2.75, 3.05) is 5.88 Å². The second-order valence-electron chi connectivity index (χ2n) is 4.32. The largest absolute Gasteiger partial charge is 0.344 e. The summed E-state index contributed by atoms with van der Waals surface area (Å²) in [5.74, 6) is -2.05. The van der Waals surface area contributed by atoms with E-state index in [1.54, 1.807) is 24.3 Å². The maximum atomic E-state index is 14.0. The molecule has 1 atom stereocenters. The van der Waals surface area contributed by atoms with Crippen LogP contribution < -0.4 is 5.32 Å². The predicted molar refractivity (Wildman–Crippen MR) is 78.5 cm³/mol. The van der Waals surface area contributed by atoms with Gasteiger partial charge in [0.15, 0.2) is 0 Å². The topological polar surface area (TPSA) is 29.1 Å². The average molecular weight is 330 g/mol. The van der Waals surface area contributed by atoms with E-state index in [0.29, 0.717) is 10.6 Å². The van der Waals surface area contributed by atoms with E-state index in [0.717, 1.165) is 18.2 Å². The van der Waals surface area contributed by atoms with Crippen molar-refractivity contribution in [2.45, 2.75) is 6.04 Å². The molecule has 0 aliphatic rings. The fourth-order valence-electron chi connectivity index (χ4n) is 1.97.